The molecule has 1 unspecified atom stereocenters. The minimum absolute atomic E-state index is 0.00708. The molecule has 0 saturated carbocycles. The zero-order valence-electron chi connectivity index (χ0n) is 15.1. The van der Waals surface area contributed by atoms with Gasteiger partial charge in [-0.1, -0.05) is 35.9 Å². The fourth-order valence-corrected chi connectivity index (χ4v) is 3.52. The number of hydrogen-bond donors (Lipinski definition) is 0. The summed E-state index contributed by atoms with van der Waals surface area (Å²) in [5.41, 5.74) is -2.52. The van der Waals surface area contributed by atoms with Crippen molar-refractivity contribution in [2.45, 2.75) is 31.4 Å². The lowest BCUT2D eigenvalue weighted by atomic mass is 9.98. The molecule has 1 aliphatic rings. The van der Waals surface area contributed by atoms with Gasteiger partial charge in [-0.2, -0.15) is 21.6 Å². The lowest BCUT2D eigenvalue weighted by Crippen LogP contribution is -2.34. The van der Waals surface area contributed by atoms with Gasteiger partial charge in [0.15, 0.2) is 0 Å². The smallest absolute Gasteiger partial charge is 0.381 e. The fourth-order valence-electron chi connectivity index (χ4n) is 3.01. The van der Waals surface area contributed by atoms with Crippen LogP contribution in [0.4, 0.5) is 13.2 Å². The van der Waals surface area contributed by atoms with E-state index in [2.05, 4.69) is 9.17 Å². The van der Waals surface area contributed by atoms with Crippen molar-refractivity contribution in [3.8, 4) is 0 Å². The van der Waals surface area contributed by atoms with Crippen LogP contribution in [0.15, 0.2) is 60.6 Å². The van der Waals surface area contributed by atoms with Gasteiger partial charge in [-0.3, -0.25) is 9.88 Å². The number of pyridine rings is 1. The summed E-state index contributed by atoms with van der Waals surface area (Å²) in [6, 6.07) is 11.1. The van der Waals surface area contributed by atoms with Crippen LogP contribution in [0.1, 0.15) is 29.2 Å². The van der Waals surface area contributed by atoms with Crippen LogP contribution in [-0.4, -0.2) is 30.4 Å². The number of nitrogens with zero attached hydrogens (tertiary/aromatic N) is 2. The zero-order valence-corrected chi connectivity index (χ0v) is 15.9. The highest BCUT2D eigenvalue weighted by molar-refractivity contribution is 7.87. The molecular formula is C19H19F3N2O3S. The van der Waals surface area contributed by atoms with Gasteiger partial charge in [0, 0.05) is 37.9 Å². The number of hydrogen-bond acceptors (Lipinski definition) is 5. The summed E-state index contributed by atoms with van der Waals surface area (Å²) in [4.78, 5) is 6.10. The highest BCUT2D eigenvalue weighted by atomic mass is 32.2. The van der Waals surface area contributed by atoms with Crippen molar-refractivity contribution in [1.29, 1.82) is 0 Å². The van der Waals surface area contributed by atoms with Gasteiger partial charge in [-0.05, 0) is 30.2 Å². The Balaban J connectivity index is 1.85. The van der Waals surface area contributed by atoms with Crippen molar-refractivity contribution < 1.29 is 25.8 Å². The second kappa shape index (κ2) is 7.92. The second-order valence-corrected chi connectivity index (χ2v) is 8.11. The van der Waals surface area contributed by atoms with Gasteiger partial charge in [0.25, 0.3) is 0 Å². The number of alkyl halides is 3. The molecule has 150 valence electrons. The molecule has 0 fully saturated rings. The predicted molar refractivity (Wildman–Crippen MR) is 97.3 cm³/mol. The minimum Gasteiger partial charge on any atom is -0.381 e. The van der Waals surface area contributed by atoms with Crippen LogP contribution in [0.25, 0.3) is 0 Å². The molecule has 0 radical (unpaired) electrons. The van der Waals surface area contributed by atoms with Gasteiger partial charge in [0.2, 0.25) is 0 Å². The Kier molecular flexibility index (Phi) is 5.76. The lowest BCUT2D eigenvalue weighted by molar-refractivity contribution is -0.0527. The Hall–Kier alpha value is -2.39. The van der Waals surface area contributed by atoms with Crippen LogP contribution in [0.3, 0.4) is 0 Å². The average Bonchev–Trinajstić information content (AvgIpc) is 2.64. The van der Waals surface area contributed by atoms with Crippen molar-refractivity contribution in [2.24, 2.45) is 0 Å². The summed E-state index contributed by atoms with van der Waals surface area (Å²) in [6.45, 7) is 2.78. The van der Waals surface area contributed by atoms with Gasteiger partial charge >= 0.3 is 15.6 Å². The third-order valence-corrected chi connectivity index (χ3v) is 5.46. The molecule has 0 N–H and O–H groups in total. The van der Waals surface area contributed by atoms with E-state index in [4.69, 9.17) is 0 Å². The van der Waals surface area contributed by atoms with Crippen molar-refractivity contribution in [2.75, 3.05) is 6.54 Å². The fraction of sp³-hybridized carbons (Fsp3) is 0.316. The minimum atomic E-state index is -5.69. The van der Waals surface area contributed by atoms with E-state index in [1.165, 1.54) is 6.08 Å². The van der Waals surface area contributed by atoms with E-state index in [9.17, 15) is 21.6 Å². The van der Waals surface area contributed by atoms with Gasteiger partial charge in [0.1, 0.15) is 5.76 Å². The first-order valence-corrected chi connectivity index (χ1v) is 9.96. The van der Waals surface area contributed by atoms with E-state index < -0.39 is 15.6 Å². The molecule has 0 spiro atoms. The number of aryl methyl sites for hydroxylation is 1. The molecule has 0 saturated heterocycles. The molecule has 1 aliphatic heterocycles. The molecule has 1 aromatic heterocycles. The van der Waals surface area contributed by atoms with Gasteiger partial charge in [-0.15, -0.1) is 0 Å². The number of aromatic nitrogens is 1. The zero-order chi connectivity index (χ0) is 20.4. The summed E-state index contributed by atoms with van der Waals surface area (Å²) < 4.78 is 65.0. The maximum Gasteiger partial charge on any atom is 0.534 e. The maximum absolute atomic E-state index is 12.6. The number of rotatable bonds is 5. The third-order valence-electron chi connectivity index (χ3n) is 4.46. The summed E-state index contributed by atoms with van der Waals surface area (Å²) in [6.07, 6.45) is 4.59. The molecule has 3 rings (SSSR count). The molecule has 28 heavy (non-hydrogen) atoms. The van der Waals surface area contributed by atoms with Crippen molar-refractivity contribution in [1.82, 2.24) is 9.88 Å². The molecule has 2 aromatic rings. The first-order valence-electron chi connectivity index (χ1n) is 8.55. The molecule has 1 aromatic carbocycles. The molecule has 0 aliphatic carbocycles. The van der Waals surface area contributed by atoms with E-state index in [1.807, 2.05) is 36.1 Å². The van der Waals surface area contributed by atoms with E-state index in [0.29, 0.717) is 6.54 Å². The SMILES string of the molecule is Cc1ccc(CN2CC=C(OS(=O)(=O)C(F)(F)F)CC2c2cccnc2)cc1. The largest absolute Gasteiger partial charge is 0.534 e. The maximum atomic E-state index is 12.6. The van der Waals surface area contributed by atoms with Gasteiger partial charge in [0.05, 0.1) is 0 Å². The van der Waals surface area contributed by atoms with E-state index in [0.717, 1.165) is 16.7 Å². The molecule has 1 atom stereocenters. The van der Waals surface area contributed by atoms with Crippen LogP contribution >= 0.6 is 0 Å². The Morgan fingerprint density at radius 2 is 1.93 bits per heavy atom. The van der Waals surface area contributed by atoms with Crippen LogP contribution in [-0.2, 0) is 20.8 Å². The van der Waals surface area contributed by atoms with Crippen LogP contribution in [0.2, 0.25) is 0 Å². The first kappa shape index (κ1) is 20.3. The Morgan fingerprint density at radius 3 is 2.54 bits per heavy atom. The monoisotopic (exact) mass is 412 g/mol. The van der Waals surface area contributed by atoms with Gasteiger partial charge in [-0.25, -0.2) is 0 Å². The Bertz CT molecular complexity index is 943. The third kappa shape index (κ3) is 4.71. The lowest BCUT2D eigenvalue weighted by Gasteiger charge is -2.35. The summed E-state index contributed by atoms with van der Waals surface area (Å²) in [5.74, 6) is -0.216. The Labute approximate surface area is 161 Å². The molecule has 2 heterocycles. The van der Waals surface area contributed by atoms with E-state index in [-0.39, 0.29) is 24.8 Å². The summed E-state index contributed by atoms with van der Waals surface area (Å²) >= 11 is 0. The highest BCUT2D eigenvalue weighted by Gasteiger charge is 2.49. The standard InChI is InChI=1S/C19H19F3N2O3S/c1-14-4-6-15(7-5-14)13-24-10-8-17(27-28(25,26)19(20,21)22)11-18(24)16-3-2-9-23-12-16/h2-9,12,18H,10-11,13H2,1H3. The van der Waals surface area contributed by atoms with E-state index in [1.54, 1.807) is 24.5 Å². The Morgan fingerprint density at radius 1 is 1.21 bits per heavy atom. The first-order chi connectivity index (χ1) is 13.2. The van der Waals surface area contributed by atoms with Crippen molar-refractivity contribution in [3.05, 3.63) is 77.3 Å². The van der Waals surface area contributed by atoms with Gasteiger partial charge < -0.3 is 4.18 Å². The molecular weight excluding hydrogens is 393 g/mol. The normalized spacial score (nSPS) is 18.6. The average molecular weight is 412 g/mol. The molecule has 5 nitrogen and oxygen atoms in total. The van der Waals surface area contributed by atoms with E-state index >= 15 is 0 Å². The van der Waals surface area contributed by atoms with Crippen molar-refractivity contribution >= 4 is 10.1 Å². The molecule has 0 amide bonds. The topological polar surface area (TPSA) is 59.5 Å². The molecule has 9 heteroatoms. The predicted octanol–water partition coefficient (Wildman–Crippen LogP) is 4.09. The van der Waals surface area contributed by atoms with Crippen LogP contribution in [0.5, 0.6) is 0 Å². The number of benzene rings is 1. The van der Waals surface area contributed by atoms with Crippen LogP contribution < -0.4 is 0 Å². The second-order valence-electron chi connectivity index (χ2n) is 6.57. The summed E-state index contributed by atoms with van der Waals surface area (Å²) in [7, 11) is -5.69. The summed E-state index contributed by atoms with van der Waals surface area (Å²) in [5, 5.41) is 0. The number of halogens is 3. The van der Waals surface area contributed by atoms with Crippen molar-refractivity contribution in [3.63, 3.8) is 0 Å². The van der Waals surface area contributed by atoms with Crippen LogP contribution in [0, 0.1) is 6.92 Å². The quantitative estimate of drug-likeness (QED) is 0.547. The molecule has 0 bridgehead atoms. The highest BCUT2D eigenvalue weighted by Crippen LogP contribution is 2.35.